The van der Waals surface area contributed by atoms with Crippen molar-refractivity contribution in [1.29, 1.82) is 0 Å². The highest BCUT2D eigenvalue weighted by molar-refractivity contribution is 5.66. The highest BCUT2D eigenvalue weighted by Crippen LogP contribution is 2.45. The molecule has 0 spiro atoms. The van der Waals surface area contributed by atoms with E-state index in [1.54, 1.807) is 0 Å². The molecule has 0 unspecified atom stereocenters. The van der Waals surface area contributed by atoms with Crippen LogP contribution in [0.15, 0.2) is 12.2 Å². The molecule has 2 heterocycles. The first-order valence-electron chi connectivity index (χ1n) is 9.88. The smallest absolute Gasteiger partial charge is 0.303 e. The zero-order valence-electron chi connectivity index (χ0n) is 14.7. The highest BCUT2D eigenvalue weighted by atomic mass is 16.5. The van der Waals surface area contributed by atoms with E-state index in [0.29, 0.717) is 30.1 Å². The summed E-state index contributed by atoms with van der Waals surface area (Å²) in [6, 6.07) is 0. The number of hydrogen-bond acceptors (Lipinski definition) is 3. The number of aliphatic carboxylic acids is 1. The molecule has 0 radical (unpaired) electrons. The summed E-state index contributed by atoms with van der Waals surface area (Å²) < 4.78 is 12.4. The second-order valence-corrected chi connectivity index (χ2v) is 7.70. The van der Waals surface area contributed by atoms with Gasteiger partial charge in [-0.3, -0.25) is 4.79 Å². The number of allylic oxidation sites excluding steroid dienone is 2. The maximum Gasteiger partial charge on any atom is 0.303 e. The van der Waals surface area contributed by atoms with E-state index in [-0.39, 0.29) is 6.42 Å². The second kappa shape index (κ2) is 9.00. The van der Waals surface area contributed by atoms with Crippen molar-refractivity contribution in [2.45, 2.75) is 88.9 Å². The van der Waals surface area contributed by atoms with Gasteiger partial charge in [0, 0.05) is 12.3 Å². The summed E-state index contributed by atoms with van der Waals surface area (Å²) in [5.74, 6) is 0.433. The fourth-order valence-electron chi connectivity index (χ4n) is 4.65. The monoisotopic (exact) mass is 336 g/mol. The minimum absolute atomic E-state index is 0.263. The van der Waals surface area contributed by atoms with Gasteiger partial charge in [0.25, 0.3) is 0 Å². The molecule has 0 aromatic heterocycles. The third-order valence-corrected chi connectivity index (χ3v) is 6.00. The van der Waals surface area contributed by atoms with Gasteiger partial charge in [0.1, 0.15) is 0 Å². The quantitative estimate of drug-likeness (QED) is 0.503. The van der Waals surface area contributed by atoms with E-state index in [9.17, 15) is 4.79 Å². The Morgan fingerprint density at radius 3 is 2.54 bits per heavy atom. The molecule has 3 aliphatic rings. The molecule has 4 atom stereocenters. The second-order valence-electron chi connectivity index (χ2n) is 7.70. The van der Waals surface area contributed by atoms with E-state index in [2.05, 4.69) is 12.2 Å². The maximum absolute atomic E-state index is 10.5. The van der Waals surface area contributed by atoms with Gasteiger partial charge in [-0.05, 0) is 50.9 Å². The number of carboxylic acid groups (broad SMARTS) is 1. The van der Waals surface area contributed by atoms with Gasteiger partial charge in [-0.1, -0.05) is 31.4 Å². The Kier molecular flexibility index (Phi) is 6.73. The molecular formula is C20H32O4. The Morgan fingerprint density at radius 2 is 1.79 bits per heavy atom. The molecule has 1 aliphatic carbocycles. The summed E-state index contributed by atoms with van der Waals surface area (Å²) in [5.41, 5.74) is 0. The van der Waals surface area contributed by atoms with E-state index in [4.69, 9.17) is 14.6 Å². The van der Waals surface area contributed by atoms with Crippen LogP contribution in [0.5, 0.6) is 0 Å². The Labute approximate surface area is 145 Å². The van der Waals surface area contributed by atoms with E-state index in [1.807, 2.05) is 0 Å². The van der Waals surface area contributed by atoms with Crippen molar-refractivity contribution < 1.29 is 19.4 Å². The lowest BCUT2D eigenvalue weighted by Crippen LogP contribution is -2.32. The van der Waals surface area contributed by atoms with Gasteiger partial charge < -0.3 is 14.6 Å². The molecule has 3 fully saturated rings. The molecule has 136 valence electrons. The van der Waals surface area contributed by atoms with Gasteiger partial charge in [0.05, 0.1) is 24.9 Å². The Morgan fingerprint density at radius 1 is 1.04 bits per heavy atom. The minimum Gasteiger partial charge on any atom is -0.481 e. The van der Waals surface area contributed by atoms with Gasteiger partial charge >= 0.3 is 5.97 Å². The van der Waals surface area contributed by atoms with Crippen molar-refractivity contribution in [3.8, 4) is 0 Å². The molecule has 0 aromatic carbocycles. The lowest BCUT2D eigenvalue weighted by atomic mass is 9.78. The first-order valence-corrected chi connectivity index (χ1v) is 9.88. The lowest BCUT2D eigenvalue weighted by Gasteiger charge is -2.30. The summed E-state index contributed by atoms with van der Waals surface area (Å²) in [6.07, 6.45) is 17.4. The van der Waals surface area contributed by atoms with E-state index in [1.165, 1.54) is 44.9 Å². The topological polar surface area (TPSA) is 55.8 Å². The zero-order chi connectivity index (χ0) is 16.8. The SMILES string of the molecule is O=C(O)CCCC=CC[C@@H]1[C@H](COC2CCCCC2)[C@@H]2CC[C@H]1O2. The number of unbranched alkanes of at least 4 members (excludes halogenated alkanes) is 1. The molecule has 2 aliphatic heterocycles. The number of carbonyl (C=O) groups is 1. The summed E-state index contributed by atoms with van der Waals surface area (Å²) in [4.78, 5) is 10.5. The third kappa shape index (κ3) is 4.82. The summed E-state index contributed by atoms with van der Waals surface area (Å²) >= 11 is 0. The largest absolute Gasteiger partial charge is 0.481 e. The number of ether oxygens (including phenoxy) is 2. The van der Waals surface area contributed by atoms with Crippen molar-refractivity contribution >= 4 is 5.97 Å². The summed E-state index contributed by atoms with van der Waals surface area (Å²) in [7, 11) is 0. The lowest BCUT2D eigenvalue weighted by molar-refractivity contribution is -0.137. The molecule has 1 saturated carbocycles. The fourth-order valence-corrected chi connectivity index (χ4v) is 4.65. The van der Waals surface area contributed by atoms with Crippen LogP contribution in [0.4, 0.5) is 0 Å². The molecule has 4 nitrogen and oxygen atoms in total. The van der Waals surface area contributed by atoms with E-state index in [0.717, 1.165) is 25.9 Å². The normalized spacial score (nSPS) is 33.5. The van der Waals surface area contributed by atoms with Crippen molar-refractivity contribution in [2.75, 3.05) is 6.61 Å². The van der Waals surface area contributed by atoms with Crippen LogP contribution < -0.4 is 0 Å². The molecule has 4 heteroatoms. The number of carboxylic acids is 1. The van der Waals surface area contributed by atoms with Crippen molar-refractivity contribution in [1.82, 2.24) is 0 Å². The third-order valence-electron chi connectivity index (χ3n) is 6.00. The average molecular weight is 336 g/mol. The van der Waals surface area contributed by atoms with Crippen LogP contribution in [-0.2, 0) is 14.3 Å². The molecule has 1 N–H and O–H groups in total. The molecule has 0 amide bonds. The average Bonchev–Trinajstić information content (AvgIpc) is 3.18. The van der Waals surface area contributed by atoms with Gasteiger partial charge in [-0.25, -0.2) is 0 Å². The van der Waals surface area contributed by atoms with Crippen molar-refractivity contribution in [3.63, 3.8) is 0 Å². The Balaban J connectivity index is 1.42. The predicted molar refractivity (Wildman–Crippen MR) is 92.9 cm³/mol. The standard InChI is InChI=1S/C20H32O4/c21-20(22)11-7-2-1-6-10-16-17(19-13-12-18(16)24-19)14-23-15-8-4-3-5-9-15/h1,6,15-19H,2-5,7-14H2,(H,21,22)/t16-,17+,18-,19+/m1/s1. The van der Waals surface area contributed by atoms with Crippen LogP contribution >= 0.6 is 0 Å². The fraction of sp³-hybridized carbons (Fsp3) is 0.850. The van der Waals surface area contributed by atoms with Crippen LogP contribution in [0.3, 0.4) is 0 Å². The molecule has 0 aromatic rings. The first kappa shape index (κ1) is 17.9. The highest BCUT2D eigenvalue weighted by Gasteiger charge is 2.48. The van der Waals surface area contributed by atoms with E-state index >= 15 is 0 Å². The number of hydrogen-bond donors (Lipinski definition) is 1. The van der Waals surface area contributed by atoms with Crippen LogP contribution in [-0.4, -0.2) is 36.0 Å². The van der Waals surface area contributed by atoms with Crippen LogP contribution in [0.2, 0.25) is 0 Å². The van der Waals surface area contributed by atoms with Gasteiger partial charge in [-0.15, -0.1) is 0 Å². The Hall–Kier alpha value is -0.870. The minimum atomic E-state index is -0.704. The molecule has 2 bridgehead atoms. The number of rotatable bonds is 9. The predicted octanol–water partition coefficient (Wildman–Crippen LogP) is 4.33. The number of fused-ring (bicyclic) bond motifs is 2. The summed E-state index contributed by atoms with van der Waals surface area (Å²) in [5, 5.41) is 8.66. The van der Waals surface area contributed by atoms with Crippen LogP contribution in [0.25, 0.3) is 0 Å². The first-order chi connectivity index (χ1) is 11.7. The molecule has 2 saturated heterocycles. The van der Waals surface area contributed by atoms with Gasteiger partial charge in [0.15, 0.2) is 0 Å². The van der Waals surface area contributed by atoms with Gasteiger partial charge in [-0.2, -0.15) is 0 Å². The van der Waals surface area contributed by atoms with Crippen LogP contribution in [0, 0.1) is 11.8 Å². The molecular weight excluding hydrogens is 304 g/mol. The molecule has 24 heavy (non-hydrogen) atoms. The van der Waals surface area contributed by atoms with Crippen molar-refractivity contribution in [3.05, 3.63) is 12.2 Å². The zero-order valence-corrected chi connectivity index (χ0v) is 14.7. The maximum atomic E-state index is 10.5. The summed E-state index contributed by atoms with van der Waals surface area (Å²) in [6.45, 7) is 0.864. The Bertz CT molecular complexity index is 427. The van der Waals surface area contributed by atoms with Crippen LogP contribution in [0.1, 0.15) is 70.6 Å². The van der Waals surface area contributed by atoms with E-state index < -0.39 is 5.97 Å². The van der Waals surface area contributed by atoms with Crippen molar-refractivity contribution in [2.24, 2.45) is 11.8 Å². The van der Waals surface area contributed by atoms with Gasteiger partial charge in [0.2, 0.25) is 0 Å². The molecule has 3 rings (SSSR count).